The third kappa shape index (κ3) is 1.83. The SMILES string of the molecule is CS[C@H]1CCCC[C@]1(C)N1CCCC1. The Morgan fingerprint density at radius 2 is 1.86 bits per heavy atom. The smallest absolute Gasteiger partial charge is 0.0299 e. The van der Waals surface area contributed by atoms with Gasteiger partial charge in [0, 0.05) is 10.8 Å². The molecule has 0 bridgehead atoms. The van der Waals surface area contributed by atoms with E-state index in [1.165, 1.54) is 51.6 Å². The van der Waals surface area contributed by atoms with E-state index in [0.717, 1.165) is 5.25 Å². The first kappa shape index (κ1) is 10.8. The topological polar surface area (TPSA) is 3.24 Å². The van der Waals surface area contributed by atoms with E-state index >= 15 is 0 Å². The van der Waals surface area contributed by atoms with Crippen molar-refractivity contribution in [3.05, 3.63) is 0 Å². The summed E-state index contributed by atoms with van der Waals surface area (Å²) in [4.78, 5) is 2.77. The monoisotopic (exact) mass is 213 g/mol. The predicted octanol–water partition coefficient (Wildman–Crippen LogP) is 3.15. The van der Waals surface area contributed by atoms with Crippen molar-refractivity contribution in [1.82, 2.24) is 4.90 Å². The lowest BCUT2D eigenvalue weighted by Gasteiger charge is -2.47. The fourth-order valence-corrected chi connectivity index (χ4v) is 4.42. The lowest BCUT2D eigenvalue weighted by Crippen LogP contribution is -2.53. The fraction of sp³-hybridized carbons (Fsp3) is 1.00. The van der Waals surface area contributed by atoms with Crippen LogP contribution in [-0.2, 0) is 0 Å². The highest BCUT2D eigenvalue weighted by Gasteiger charge is 2.41. The standard InChI is InChI=1S/C12H23NS/c1-12(13-9-5-6-10-13)8-4-3-7-11(12)14-2/h11H,3-10H2,1-2H3/t11-,12-/m0/s1. The van der Waals surface area contributed by atoms with Gasteiger partial charge in [-0.2, -0.15) is 11.8 Å². The van der Waals surface area contributed by atoms with Crippen LogP contribution in [0.1, 0.15) is 45.4 Å². The summed E-state index contributed by atoms with van der Waals surface area (Å²) >= 11 is 2.10. The quantitative estimate of drug-likeness (QED) is 0.693. The summed E-state index contributed by atoms with van der Waals surface area (Å²) in [5.41, 5.74) is 0.522. The summed E-state index contributed by atoms with van der Waals surface area (Å²) in [6.07, 6.45) is 10.9. The fourth-order valence-electron chi connectivity index (χ4n) is 3.25. The van der Waals surface area contributed by atoms with E-state index in [1.807, 2.05) is 0 Å². The van der Waals surface area contributed by atoms with Crippen LogP contribution < -0.4 is 0 Å². The van der Waals surface area contributed by atoms with Crippen molar-refractivity contribution >= 4 is 11.8 Å². The molecule has 0 aromatic rings. The summed E-state index contributed by atoms with van der Waals surface area (Å²) in [7, 11) is 0. The van der Waals surface area contributed by atoms with Crippen LogP contribution in [0.4, 0.5) is 0 Å². The molecule has 1 saturated carbocycles. The van der Waals surface area contributed by atoms with Gasteiger partial charge in [0.25, 0.3) is 0 Å². The molecule has 82 valence electrons. The van der Waals surface area contributed by atoms with E-state index in [-0.39, 0.29) is 0 Å². The Labute approximate surface area is 92.6 Å². The maximum Gasteiger partial charge on any atom is 0.0299 e. The molecule has 0 aromatic heterocycles. The van der Waals surface area contributed by atoms with Crippen LogP contribution in [0.15, 0.2) is 0 Å². The third-order valence-corrected chi connectivity index (χ3v) is 5.52. The van der Waals surface area contributed by atoms with Gasteiger partial charge in [-0.05, 0) is 52.0 Å². The van der Waals surface area contributed by atoms with Gasteiger partial charge in [0.2, 0.25) is 0 Å². The average Bonchev–Trinajstić information content (AvgIpc) is 2.72. The molecule has 14 heavy (non-hydrogen) atoms. The van der Waals surface area contributed by atoms with Crippen LogP contribution >= 0.6 is 11.8 Å². The zero-order valence-electron chi connectivity index (χ0n) is 9.59. The molecule has 1 heterocycles. The lowest BCUT2D eigenvalue weighted by molar-refractivity contribution is 0.0981. The van der Waals surface area contributed by atoms with E-state index in [1.54, 1.807) is 0 Å². The van der Waals surface area contributed by atoms with Crippen molar-refractivity contribution in [1.29, 1.82) is 0 Å². The van der Waals surface area contributed by atoms with Gasteiger partial charge in [-0.25, -0.2) is 0 Å². The number of hydrogen-bond donors (Lipinski definition) is 0. The van der Waals surface area contributed by atoms with Gasteiger partial charge in [0.15, 0.2) is 0 Å². The highest BCUT2D eigenvalue weighted by atomic mass is 32.2. The number of likely N-dealkylation sites (tertiary alicyclic amines) is 1. The largest absolute Gasteiger partial charge is 0.297 e. The Bertz CT molecular complexity index is 185. The molecule has 0 radical (unpaired) electrons. The molecule has 2 rings (SSSR count). The zero-order valence-corrected chi connectivity index (χ0v) is 10.4. The van der Waals surface area contributed by atoms with Gasteiger partial charge in [-0.1, -0.05) is 12.8 Å². The second kappa shape index (κ2) is 4.44. The molecule has 2 heteroatoms. The summed E-state index contributed by atoms with van der Waals surface area (Å²) in [6, 6.07) is 0. The van der Waals surface area contributed by atoms with Crippen molar-refractivity contribution in [2.45, 2.75) is 56.2 Å². The zero-order chi connectivity index (χ0) is 10.0. The Kier molecular flexibility index (Phi) is 3.43. The van der Waals surface area contributed by atoms with Crippen molar-refractivity contribution in [3.8, 4) is 0 Å². The molecule has 1 nitrogen and oxygen atoms in total. The number of nitrogens with zero attached hydrogens (tertiary/aromatic N) is 1. The average molecular weight is 213 g/mol. The summed E-state index contributed by atoms with van der Waals surface area (Å²) in [5, 5.41) is 0.884. The minimum absolute atomic E-state index is 0.522. The molecule has 0 N–H and O–H groups in total. The van der Waals surface area contributed by atoms with Gasteiger partial charge in [-0.15, -0.1) is 0 Å². The molecule has 1 saturated heterocycles. The minimum atomic E-state index is 0.522. The normalized spacial score (nSPS) is 40.3. The maximum atomic E-state index is 2.77. The van der Waals surface area contributed by atoms with E-state index in [2.05, 4.69) is 29.8 Å². The van der Waals surface area contributed by atoms with Crippen molar-refractivity contribution < 1.29 is 0 Å². The lowest BCUT2D eigenvalue weighted by atomic mass is 9.81. The summed E-state index contributed by atoms with van der Waals surface area (Å²) < 4.78 is 0. The van der Waals surface area contributed by atoms with Crippen LogP contribution in [0, 0.1) is 0 Å². The van der Waals surface area contributed by atoms with Crippen LogP contribution in [-0.4, -0.2) is 35.0 Å². The van der Waals surface area contributed by atoms with E-state index in [4.69, 9.17) is 0 Å². The highest BCUT2D eigenvalue weighted by molar-refractivity contribution is 7.99. The highest BCUT2D eigenvalue weighted by Crippen LogP contribution is 2.40. The molecule has 2 fully saturated rings. The molecule has 0 aromatic carbocycles. The van der Waals surface area contributed by atoms with Crippen molar-refractivity contribution in [2.75, 3.05) is 19.3 Å². The number of thioether (sulfide) groups is 1. The maximum absolute atomic E-state index is 2.77. The van der Waals surface area contributed by atoms with Gasteiger partial charge in [0.1, 0.15) is 0 Å². The summed E-state index contributed by atoms with van der Waals surface area (Å²) in [5.74, 6) is 0. The molecular formula is C12H23NS. The first-order chi connectivity index (χ1) is 6.77. The van der Waals surface area contributed by atoms with Gasteiger partial charge >= 0.3 is 0 Å². The van der Waals surface area contributed by atoms with Gasteiger partial charge in [-0.3, -0.25) is 4.90 Å². The first-order valence-electron chi connectivity index (χ1n) is 6.05. The molecule has 0 unspecified atom stereocenters. The number of rotatable bonds is 2. The molecule has 1 aliphatic heterocycles. The first-order valence-corrected chi connectivity index (χ1v) is 7.34. The molecule has 1 aliphatic carbocycles. The van der Waals surface area contributed by atoms with E-state index < -0.39 is 0 Å². The van der Waals surface area contributed by atoms with Crippen molar-refractivity contribution in [3.63, 3.8) is 0 Å². The number of hydrogen-bond acceptors (Lipinski definition) is 2. The third-order valence-electron chi connectivity index (χ3n) is 4.21. The second-order valence-electron chi connectivity index (χ2n) is 5.02. The Morgan fingerprint density at radius 1 is 1.14 bits per heavy atom. The molecule has 0 amide bonds. The summed E-state index contributed by atoms with van der Waals surface area (Å²) in [6.45, 7) is 5.22. The van der Waals surface area contributed by atoms with Gasteiger partial charge in [0.05, 0.1) is 0 Å². The van der Waals surface area contributed by atoms with Crippen LogP contribution in [0.3, 0.4) is 0 Å². The Morgan fingerprint density at radius 3 is 2.50 bits per heavy atom. The van der Waals surface area contributed by atoms with E-state index in [9.17, 15) is 0 Å². The van der Waals surface area contributed by atoms with Gasteiger partial charge < -0.3 is 0 Å². The Balaban J connectivity index is 2.08. The molecule has 2 aliphatic rings. The van der Waals surface area contributed by atoms with Crippen molar-refractivity contribution in [2.24, 2.45) is 0 Å². The minimum Gasteiger partial charge on any atom is -0.297 e. The van der Waals surface area contributed by atoms with Crippen LogP contribution in [0.2, 0.25) is 0 Å². The second-order valence-corrected chi connectivity index (χ2v) is 6.06. The molecule has 0 spiro atoms. The predicted molar refractivity (Wildman–Crippen MR) is 65.0 cm³/mol. The molecule has 2 atom stereocenters. The van der Waals surface area contributed by atoms with Crippen LogP contribution in [0.5, 0.6) is 0 Å². The Hall–Kier alpha value is 0.310. The molecular weight excluding hydrogens is 190 g/mol. The van der Waals surface area contributed by atoms with E-state index in [0.29, 0.717) is 5.54 Å². The van der Waals surface area contributed by atoms with Crippen LogP contribution in [0.25, 0.3) is 0 Å².